The van der Waals surface area contributed by atoms with E-state index in [2.05, 4.69) is 27.0 Å². The van der Waals surface area contributed by atoms with Crippen LogP contribution in [0.1, 0.15) is 12.8 Å². The Morgan fingerprint density at radius 2 is 2.09 bits per heavy atom. The summed E-state index contributed by atoms with van der Waals surface area (Å²) in [5.41, 5.74) is 2.21. The van der Waals surface area contributed by atoms with Crippen LogP contribution in [-0.4, -0.2) is 29.2 Å². The molecule has 1 aromatic carbocycles. The second-order valence-electron chi connectivity index (χ2n) is 5.68. The first kappa shape index (κ1) is 13.2. The first-order valence-corrected chi connectivity index (χ1v) is 7.78. The molecule has 1 fully saturated rings. The lowest BCUT2D eigenvalue weighted by atomic mass is 10.2. The van der Waals surface area contributed by atoms with Gasteiger partial charge in [0, 0.05) is 30.0 Å². The Kier molecular flexibility index (Phi) is 3.43. The maximum atomic E-state index is 5.97. The average molecular weight is 293 g/mol. The van der Waals surface area contributed by atoms with Gasteiger partial charge in [-0.1, -0.05) is 18.2 Å². The molecule has 0 aliphatic carbocycles. The smallest absolute Gasteiger partial charge is 0.139 e. The van der Waals surface area contributed by atoms with Crippen LogP contribution < -0.4 is 9.64 Å². The fraction of sp³-hybridized carbons (Fsp3) is 0.278. The topological polar surface area (TPSA) is 41.1 Å². The Hall–Kier alpha value is -2.49. The van der Waals surface area contributed by atoms with Crippen molar-refractivity contribution in [3.05, 3.63) is 54.9 Å². The number of rotatable bonds is 4. The van der Waals surface area contributed by atoms with Crippen LogP contribution in [0, 0.1) is 0 Å². The number of para-hydroxylation sites is 1. The number of nitrogens with one attached hydrogen (secondary N) is 1. The number of aromatic amines is 1. The van der Waals surface area contributed by atoms with E-state index >= 15 is 0 Å². The van der Waals surface area contributed by atoms with Crippen LogP contribution in [0.25, 0.3) is 11.0 Å². The average Bonchev–Trinajstić information content (AvgIpc) is 3.22. The summed E-state index contributed by atoms with van der Waals surface area (Å²) in [4.78, 5) is 10.0. The van der Waals surface area contributed by atoms with E-state index in [1.807, 2.05) is 42.7 Å². The van der Waals surface area contributed by atoms with E-state index in [1.54, 1.807) is 0 Å². The molecule has 4 nitrogen and oxygen atoms in total. The molecule has 112 valence electrons. The van der Waals surface area contributed by atoms with Gasteiger partial charge in [-0.3, -0.25) is 0 Å². The maximum absolute atomic E-state index is 5.97. The molecule has 4 rings (SSSR count). The second kappa shape index (κ2) is 5.72. The molecule has 1 aliphatic heterocycles. The number of pyridine rings is 1. The third kappa shape index (κ3) is 2.41. The predicted molar refractivity (Wildman–Crippen MR) is 88.4 cm³/mol. The number of aromatic nitrogens is 2. The summed E-state index contributed by atoms with van der Waals surface area (Å²) in [5.74, 6) is 0.941. The quantitative estimate of drug-likeness (QED) is 0.799. The highest BCUT2D eigenvalue weighted by Gasteiger charge is 2.26. The van der Waals surface area contributed by atoms with Crippen LogP contribution in [0.4, 0.5) is 5.69 Å². The largest absolute Gasteiger partial charge is 0.491 e. The van der Waals surface area contributed by atoms with E-state index in [1.165, 1.54) is 23.9 Å². The van der Waals surface area contributed by atoms with E-state index in [-0.39, 0.29) is 0 Å². The fourth-order valence-corrected chi connectivity index (χ4v) is 3.23. The van der Waals surface area contributed by atoms with Crippen LogP contribution in [0.3, 0.4) is 0 Å². The Bertz CT molecular complexity index is 753. The number of hydrogen-bond acceptors (Lipinski definition) is 3. The van der Waals surface area contributed by atoms with Crippen LogP contribution in [0.2, 0.25) is 0 Å². The van der Waals surface area contributed by atoms with Crippen LogP contribution in [0.5, 0.6) is 5.75 Å². The van der Waals surface area contributed by atoms with Crippen molar-refractivity contribution in [3.8, 4) is 5.75 Å². The van der Waals surface area contributed by atoms with Gasteiger partial charge in [0.1, 0.15) is 18.0 Å². The van der Waals surface area contributed by atoms with Gasteiger partial charge in [0.2, 0.25) is 0 Å². The first-order chi connectivity index (χ1) is 10.9. The zero-order chi connectivity index (χ0) is 14.8. The van der Waals surface area contributed by atoms with Gasteiger partial charge in [0.25, 0.3) is 0 Å². The molecule has 1 N–H and O–H groups in total. The highest BCUT2D eigenvalue weighted by Crippen LogP contribution is 2.31. The SMILES string of the molecule is c1ccc(OC[C@@H]2CCCN2c2ccnc3[nH]ccc23)cc1. The standard InChI is InChI=1S/C18H19N3O/c1-2-6-15(7-3-1)22-13-14-5-4-12-21(14)17-9-11-20-18-16(17)8-10-19-18/h1-3,6-11,14H,4-5,12-13H2,(H,19,20)/t14-/m0/s1. The van der Waals surface area contributed by atoms with E-state index in [9.17, 15) is 0 Å². The fourth-order valence-electron chi connectivity index (χ4n) is 3.23. The van der Waals surface area contributed by atoms with Crippen molar-refractivity contribution in [1.29, 1.82) is 0 Å². The summed E-state index contributed by atoms with van der Waals surface area (Å²) in [6, 6.07) is 14.7. The van der Waals surface area contributed by atoms with Crippen molar-refractivity contribution >= 4 is 16.7 Å². The number of hydrogen-bond donors (Lipinski definition) is 1. The lowest BCUT2D eigenvalue weighted by Crippen LogP contribution is -2.34. The Morgan fingerprint density at radius 3 is 3.00 bits per heavy atom. The number of nitrogens with zero attached hydrogens (tertiary/aromatic N) is 2. The normalized spacial score (nSPS) is 18.0. The molecule has 2 aromatic heterocycles. The van der Waals surface area contributed by atoms with Crippen molar-refractivity contribution in [1.82, 2.24) is 9.97 Å². The highest BCUT2D eigenvalue weighted by atomic mass is 16.5. The summed E-state index contributed by atoms with van der Waals surface area (Å²) in [7, 11) is 0. The maximum Gasteiger partial charge on any atom is 0.139 e. The number of benzene rings is 1. The van der Waals surface area contributed by atoms with Crippen molar-refractivity contribution in [2.45, 2.75) is 18.9 Å². The predicted octanol–water partition coefficient (Wildman–Crippen LogP) is 3.61. The molecule has 3 aromatic rings. The van der Waals surface area contributed by atoms with Gasteiger partial charge in [0.05, 0.1) is 6.04 Å². The molecular weight excluding hydrogens is 274 g/mol. The number of fused-ring (bicyclic) bond motifs is 1. The summed E-state index contributed by atoms with van der Waals surface area (Å²) in [6.07, 6.45) is 6.20. The molecule has 0 unspecified atom stereocenters. The molecular formula is C18H19N3O. The second-order valence-corrected chi connectivity index (χ2v) is 5.68. The van der Waals surface area contributed by atoms with E-state index < -0.39 is 0 Å². The molecule has 4 heteroatoms. The molecule has 0 saturated carbocycles. The minimum Gasteiger partial charge on any atom is -0.491 e. The molecule has 1 aliphatic rings. The van der Waals surface area contributed by atoms with Gasteiger partial charge < -0.3 is 14.6 Å². The lowest BCUT2D eigenvalue weighted by Gasteiger charge is -2.27. The summed E-state index contributed by atoms with van der Waals surface area (Å²) in [5, 5.41) is 1.19. The van der Waals surface area contributed by atoms with Gasteiger partial charge >= 0.3 is 0 Å². The Labute approximate surface area is 129 Å². The van der Waals surface area contributed by atoms with Gasteiger partial charge in [-0.2, -0.15) is 0 Å². The minimum atomic E-state index is 0.417. The molecule has 0 spiro atoms. The monoisotopic (exact) mass is 293 g/mol. The van der Waals surface area contributed by atoms with Gasteiger partial charge in [-0.25, -0.2) is 4.98 Å². The lowest BCUT2D eigenvalue weighted by molar-refractivity contribution is 0.289. The van der Waals surface area contributed by atoms with Crippen LogP contribution >= 0.6 is 0 Å². The zero-order valence-corrected chi connectivity index (χ0v) is 12.4. The Morgan fingerprint density at radius 1 is 1.18 bits per heavy atom. The van der Waals surface area contributed by atoms with Gasteiger partial charge in [-0.05, 0) is 37.1 Å². The molecule has 22 heavy (non-hydrogen) atoms. The van der Waals surface area contributed by atoms with Crippen molar-refractivity contribution in [2.24, 2.45) is 0 Å². The number of H-pyrrole nitrogens is 1. The number of ether oxygens (including phenoxy) is 1. The zero-order valence-electron chi connectivity index (χ0n) is 12.4. The molecule has 1 saturated heterocycles. The van der Waals surface area contributed by atoms with Gasteiger partial charge in [-0.15, -0.1) is 0 Å². The molecule has 1 atom stereocenters. The minimum absolute atomic E-state index is 0.417. The van der Waals surface area contributed by atoms with Gasteiger partial charge in [0.15, 0.2) is 0 Å². The van der Waals surface area contributed by atoms with Crippen molar-refractivity contribution in [2.75, 3.05) is 18.1 Å². The highest BCUT2D eigenvalue weighted by molar-refractivity contribution is 5.90. The first-order valence-electron chi connectivity index (χ1n) is 7.78. The third-order valence-electron chi connectivity index (χ3n) is 4.31. The number of anilines is 1. The van der Waals surface area contributed by atoms with E-state index in [4.69, 9.17) is 4.74 Å². The van der Waals surface area contributed by atoms with Crippen LogP contribution in [-0.2, 0) is 0 Å². The molecule has 3 heterocycles. The Balaban J connectivity index is 1.55. The van der Waals surface area contributed by atoms with Crippen LogP contribution in [0.15, 0.2) is 54.9 Å². The van der Waals surface area contributed by atoms with Crippen molar-refractivity contribution in [3.63, 3.8) is 0 Å². The van der Waals surface area contributed by atoms with Crippen molar-refractivity contribution < 1.29 is 4.74 Å². The van der Waals surface area contributed by atoms with E-state index in [0.29, 0.717) is 6.04 Å². The summed E-state index contributed by atoms with van der Waals surface area (Å²) >= 11 is 0. The third-order valence-corrected chi connectivity index (χ3v) is 4.31. The molecule has 0 radical (unpaired) electrons. The molecule has 0 amide bonds. The molecule has 0 bridgehead atoms. The summed E-state index contributed by atoms with van der Waals surface area (Å²) < 4.78 is 5.97. The van der Waals surface area contributed by atoms with E-state index in [0.717, 1.165) is 24.5 Å². The summed E-state index contributed by atoms with van der Waals surface area (Å²) in [6.45, 7) is 1.80.